The third-order valence-electron chi connectivity index (χ3n) is 5.97. The van der Waals surface area contributed by atoms with Gasteiger partial charge >= 0.3 is 0 Å². The quantitative estimate of drug-likeness (QED) is 0.585. The summed E-state index contributed by atoms with van der Waals surface area (Å²) in [5.74, 6) is 1.87. The van der Waals surface area contributed by atoms with Crippen molar-refractivity contribution in [1.29, 1.82) is 0 Å². The van der Waals surface area contributed by atoms with Crippen molar-refractivity contribution >= 4 is 24.7 Å². The molecule has 0 amide bonds. The monoisotopic (exact) mass is 437 g/mol. The largest absolute Gasteiger partial charge is 0.483 e. The Kier molecular flexibility index (Phi) is 9.93. The molecule has 3 heterocycles. The van der Waals surface area contributed by atoms with Gasteiger partial charge in [-0.1, -0.05) is 6.42 Å². The normalized spacial score (nSPS) is 22.9. The van der Waals surface area contributed by atoms with Crippen LogP contribution in [0.25, 0.3) is 0 Å². The third-order valence-corrected chi connectivity index (χ3v) is 5.97. The molecule has 1 aromatic rings. The van der Waals surface area contributed by atoms with Gasteiger partial charge in [0, 0.05) is 32.7 Å². The molecule has 1 aliphatic carbocycles. The maximum absolute atomic E-state index is 10.7. The van der Waals surface area contributed by atoms with Crippen molar-refractivity contribution in [2.75, 3.05) is 50.1 Å². The number of aliphatic hydroxyl groups excluding tert-OH is 1. The Hall–Kier alpha value is -2.46. The summed E-state index contributed by atoms with van der Waals surface area (Å²) < 4.78 is 0. The first kappa shape index (κ1) is 24.8. The molecule has 174 valence electrons. The van der Waals surface area contributed by atoms with E-state index in [1.54, 1.807) is 0 Å². The topological polar surface area (TPSA) is 130 Å². The van der Waals surface area contributed by atoms with E-state index in [-0.39, 0.29) is 25.1 Å². The number of aromatic nitrogens is 2. The van der Waals surface area contributed by atoms with Crippen LogP contribution in [0.3, 0.4) is 0 Å². The van der Waals surface area contributed by atoms with E-state index in [9.17, 15) is 5.11 Å². The minimum absolute atomic E-state index is 0.248. The zero-order valence-electron chi connectivity index (χ0n) is 18.5. The number of piperidine rings is 1. The number of aryl methyl sites for hydroxylation is 1. The van der Waals surface area contributed by atoms with Gasteiger partial charge in [0.25, 0.3) is 12.9 Å². The van der Waals surface area contributed by atoms with Crippen LogP contribution < -0.4 is 9.80 Å². The smallest absolute Gasteiger partial charge is 0.290 e. The van der Waals surface area contributed by atoms with E-state index in [2.05, 4.69) is 9.80 Å². The Bertz CT molecular complexity index is 706. The molecule has 2 fully saturated rings. The maximum atomic E-state index is 10.7. The van der Waals surface area contributed by atoms with Gasteiger partial charge in [0.05, 0.1) is 17.8 Å². The van der Waals surface area contributed by atoms with Crippen LogP contribution in [0.5, 0.6) is 0 Å². The lowest BCUT2D eigenvalue weighted by Gasteiger charge is -2.33. The number of aliphatic hydroxyl groups is 1. The van der Waals surface area contributed by atoms with Gasteiger partial charge in [-0.25, -0.2) is 4.98 Å². The van der Waals surface area contributed by atoms with E-state index < -0.39 is 0 Å². The molecule has 3 N–H and O–H groups in total. The Balaban J connectivity index is 0.000000513. The fourth-order valence-electron chi connectivity index (χ4n) is 4.57. The molecule has 0 unspecified atom stereocenters. The van der Waals surface area contributed by atoms with Gasteiger partial charge in [-0.3, -0.25) is 14.5 Å². The highest BCUT2D eigenvalue weighted by Gasteiger charge is 2.38. The molecule has 10 nitrogen and oxygen atoms in total. The van der Waals surface area contributed by atoms with Gasteiger partial charge < -0.3 is 25.1 Å². The molecular formula is C21H35N5O5. The molecule has 10 heteroatoms. The van der Waals surface area contributed by atoms with E-state index in [1.807, 2.05) is 19.0 Å². The van der Waals surface area contributed by atoms with Gasteiger partial charge in [0.1, 0.15) is 5.82 Å². The van der Waals surface area contributed by atoms with Crippen LogP contribution in [0, 0.1) is 0 Å². The van der Waals surface area contributed by atoms with Crippen molar-refractivity contribution in [1.82, 2.24) is 14.9 Å². The summed E-state index contributed by atoms with van der Waals surface area (Å²) in [5.41, 5.74) is 2.54. The lowest BCUT2D eigenvalue weighted by Crippen LogP contribution is -2.45. The summed E-state index contributed by atoms with van der Waals surface area (Å²) in [6, 6.07) is 0.248. The second-order valence-electron chi connectivity index (χ2n) is 8.22. The van der Waals surface area contributed by atoms with E-state index in [1.165, 1.54) is 43.4 Å². The van der Waals surface area contributed by atoms with Crippen molar-refractivity contribution in [2.45, 2.75) is 57.1 Å². The first-order chi connectivity index (χ1) is 15.0. The lowest BCUT2D eigenvalue weighted by molar-refractivity contribution is -0.123. The average molecular weight is 438 g/mol. The van der Waals surface area contributed by atoms with Crippen molar-refractivity contribution < 1.29 is 24.9 Å². The molecule has 1 aromatic heterocycles. The zero-order valence-corrected chi connectivity index (χ0v) is 18.5. The summed E-state index contributed by atoms with van der Waals surface area (Å²) in [4.78, 5) is 33.2. The lowest BCUT2D eigenvalue weighted by atomic mass is 9.96. The molecule has 3 aliphatic rings. The molecule has 2 saturated heterocycles. The number of nitrogens with zero attached hydrogens (tertiary/aromatic N) is 5. The maximum Gasteiger partial charge on any atom is 0.290 e. The first-order valence-corrected chi connectivity index (χ1v) is 10.9. The minimum Gasteiger partial charge on any atom is -0.483 e. The number of anilines is 2. The van der Waals surface area contributed by atoms with Gasteiger partial charge in [0.15, 0.2) is 0 Å². The Labute approximate surface area is 183 Å². The van der Waals surface area contributed by atoms with Gasteiger partial charge in [-0.05, 0) is 51.6 Å². The highest BCUT2D eigenvalue weighted by atomic mass is 16.3. The van der Waals surface area contributed by atoms with Crippen LogP contribution in [0.1, 0.15) is 43.4 Å². The summed E-state index contributed by atoms with van der Waals surface area (Å²) in [5, 5.41) is 24.5. The van der Waals surface area contributed by atoms with Gasteiger partial charge in [-0.15, -0.1) is 0 Å². The van der Waals surface area contributed by atoms with Crippen LogP contribution in [0.2, 0.25) is 0 Å². The number of carboxylic acid groups (broad SMARTS) is 2. The van der Waals surface area contributed by atoms with Crippen molar-refractivity contribution in [2.24, 2.45) is 0 Å². The van der Waals surface area contributed by atoms with E-state index in [4.69, 9.17) is 29.8 Å². The minimum atomic E-state index is -0.282. The molecule has 31 heavy (non-hydrogen) atoms. The second kappa shape index (κ2) is 12.4. The van der Waals surface area contributed by atoms with Crippen molar-refractivity contribution in [3.63, 3.8) is 0 Å². The van der Waals surface area contributed by atoms with Crippen LogP contribution in [0.4, 0.5) is 11.8 Å². The average Bonchev–Trinajstić information content (AvgIpc) is 3.16. The SMILES string of the molecule is CN(C)c1nc2c(c(N3C[C@H](O)[C@@H](N4CCCCC4)C3)n1)CCCC2.O=CO.O=CO. The number of hydrogen-bond acceptors (Lipinski definition) is 8. The number of β-amino-alcohol motifs (C(OH)–C–C–N with tert-alkyl or cyclic N) is 1. The number of rotatable bonds is 3. The molecule has 2 aliphatic heterocycles. The number of fused-ring (bicyclic) bond motifs is 1. The predicted molar refractivity (Wildman–Crippen MR) is 118 cm³/mol. The van der Waals surface area contributed by atoms with Crippen LogP contribution in [-0.4, -0.2) is 95.6 Å². The molecule has 4 rings (SSSR count). The standard InChI is InChI=1S/C19H31N5O.2CH2O2/c1-22(2)19-20-15-9-5-4-8-14(15)18(21-19)24-12-16(17(25)13-24)23-10-6-3-7-11-23;2*2-1-3/h16-17,25H,3-13H2,1-2H3;2*1H,(H,2,3)/t16-,17-;;/m0../s1. The summed E-state index contributed by atoms with van der Waals surface area (Å²) in [6.45, 7) is 3.33. The summed E-state index contributed by atoms with van der Waals surface area (Å²) >= 11 is 0. The third kappa shape index (κ3) is 6.51. The zero-order chi connectivity index (χ0) is 22.8. The number of carbonyl (C=O) groups is 2. The predicted octanol–water partition coefficient (Wildman–Crippen LogP) is 0.858. The number of likely N-dealkylation sites (tertiary alicyclic amines) is 1. The molecule has 0 saturated carbocycles. The fourth-order valence-corrected chi connectivity index (χ4v) is 4.57. The second-order valence-corrected chi connectivity index (χ2v) is 8.22. The molecule has 0 spiro atoms. The Morgan fingerprint density at radius 2 is 1.55 bits per heavy atom. The molecule has 0 bridgehead atoms. The molecule has 0 aromatic carbocycles. The van der Waals surface area contributed by atoms with Crippen molar-refractivity contribution in [3.8, 4) is 0 Å². The van der Waals surface area contributed by atoms with Gasteiger partial charge in [0.2, 0.25) is 5.95 Å². The Morgan fingerprint density at radius 3 is 2.16 bits per heavy atom. The first-order valence-electron chi connectivity index (χ1n) is 10.9. The highest BCUT2D eigenvalue weighted by molar-refractivity contribution is 5.55. The van der Waals surface area contributed by atoms with Crippen molar-refractivity contribution in [3.05, 3.63) is 11.3 Å². The van der Waals surface area contributed by atoms with E-state index in [0.29, 0.717) is 6.54 Å². The van der Waals surface area contributed by atoms with E-state index >= 15 is 0 Å². The highest BCUT2D eigenvalue weighted by Crippen LogP contribution is 2.33. The van der Waals surface area contributed by atoms with Crippen LogP contribution in [-0.2, 0) is 22.4 Å². The summed E-state index contributed by atoms with van der Waals surface area (Å²) in [6.07, 6.45) is 8.13. The molecular weight excluding hydrogens is 402 g/mol. The summed E-state index contributed by atoms with van der Waals surface area (Å²) in [7, 11) is 4.01. The molecule has 2 atom stereocenters. The fraction of sp³-hybridized carbons (Fsp3) is 0.714. The molecule has 0 radical (unpaired) electrons. The van der Waals surface area contributed by atoms with Crippen LogP contribution in [0.15, 0.2) is 0 Å². The Morgan fingerprint density at radius 1 is 0.935 bits per heavy atom. The number of hydrogen-bond donors (Lipinski definition) is 3. The van der Waals surface area contributed by atoms with Gasteiger partial charge in [-0.2, -0.15) is 4.98 Å². The van der Waals surface area contributed by atoms with Crippen LogP contribution >= 0.6 is 0 Å². The van der Waals surface area contributed by atoms with E-state index in [0.717, 1.165) is 44.2 Å².